The molecule has 6 rings (SSSR count). The normalized spacial score (nSPS) is 20.5. The summed E-state index contributed by atoms with van der Waals surface area (Å²) in [5.74, 6) is 0.701. The Bertz CT molecular complexity index is 1280. The van der Waals surface area contributed by atoms with Gasteiger partial charge in [-0.3, -0.25) is 4.79 Å². The fraction of sp³-hybridized carbons (Fsp3) is 0.581. The van der Waals surface area contributed by atoms with E-state index in [9.17, 15) is 4.79 Å². The standard InChI is InChI=1S/C31H42N4O2S/c1-23-25(30(36)32-20-31(2)21-37-22-31)17-27(35(23)19-24-11-5-3-6-12-24)28-18-29(26-13-7-10-16-34(26)28)38-33-14-8-4-9-15-33/h7,10,13,16-18,24H,3-6,8-9,11-12,14-15,19-22H2,1-2H3,(H,32,36). The summed E-state index contributed by atoms with van der Waals surface area (Å²) in [5.41, 5.74) is 5.51. The molecule has 1 N–H and O–H groups in total. The third kappa shape index (κ3) is 5.30. The Balaban J connectivity index is 1.37. The van der Waals surface area contributed by atoms with Gasteiger partial charge in [0, 0.05) is 48.4 Å². The van der Waals surface area contributed by atoms with Gasteiger partial charge in [0.2, 0.25) is 0 Å². The largest absolute Gasteiger partial charge is 0.380 e. The van der Waals surface area contributed by atoms with Crippen molar-refractivity contribution >= 4 is 23.4 Å². The van der Waals surface area contributed by atoms with E-state index in [1.165, 1.54) is 67.5 Å². The molecule has 2 aliphatic heterocycles. The van der Waals surface area contributed by atoms with Crippen molar-refractivity contribution in [3.63, 3.8) is 0 Å². The number of amides is 1. The van der Waals surface area contributed by atoms with E-state index < -0.39 is 0 Å². The molecule has 3 aromatic rings. The third-order valence-electron chi connectivity index (χ3n) is 8.80. The highest BCUT2D eigenvalue weighted by atomic mass is 32.2. The van der Waals surface area contributed by atoms with E-state index in [2.05, 4.69) is 69.0 Å². The van der Waals surface area contributed by atoms with Crippen molar-refractivity contribution in [1.82, 2.24) is 18.6 Å². The highest BCUT2D eigenvalue weighted by Gasteiger charge is 2.34. The van der Waals surface area contributed by atoms with Crippen molar-refractivity contribution in [2.75, 3.05) is 32.8 Å². The third-order valence-corrected chi connectivity index (χ3v) is 9.95. The van der Waals surface area contributed by atoms with Crippen molar-refractivity contribution in [2.24, 2.45) is 11.3 Å². The van der Waals surface area contributed by atoms with Gasteiger partial charge in [0.15, 0.2) is 0 Å². The number of piperidine rings is 1. The molecule has 0 spiro atoms. The van der Waals surface area contributed by atoms with E-state index in [1.54, 1.807) is 0 Å². The summed E-state index contributed by atoms with van der Waals surface area (Å²) >= 11 is 1.90. The summed E-state index contributed by atoms with van der Waals surface area (Å²) < 4.78 is 12.7. The number of fused-ring (bicyclic) bond motifs is 1. The summed E-state index contributed by atoms with van der Waals surface area (Å²) in [6, 6.07) is 11.0. The lowest BCUT2D eigenvalue weighted by molar-refractivity contribution is -0.0978. The van der Waals surface area contributed by atoms with Crippen LogP contribution in [0.3, 0.4) is 0 Å². The van der Waals surface area contributed by atoms with E-state index in [4.69, 9.17) is 4.74 Å². The minimum Gasteiger partial charge on any atom is -0.380 e. The van der Waals surface area contributed by atoms with Crippen LogP contribution in [-0.2, 0) is 11.3 Å². The number of carbonyl (C=O) groups is 1. The van der Waals surface area contributed by atoms with Gasteiger partial charge >= 0.3 is 0 Å². The maximum absolute atomic E-state index is 13.5. The Kier molecular flexibility index (Phi) is 7.61. The number of nitrogens with zero attached hydrogens (tertiary/aromatic N) is 3. The molecule has 38 heavy (non-hydrogen) atoms. The SMILES string of the molecule is Cc1c(C(=O)NCC2(C)COC2)cc(-c2cc(SN3CCCCC3)c3ccccn23)n1CC1CCCCC1. The Morgan fingerprint density at radius 1 is 1.05 bits per heavy atom. The second-order valence-electron chi connectivity index (χ2n) is 12.1. The molecular weight excluding hydrogens is 492 g/mol. The molecule has 3 aromatic heterocycles. The zero-order valence-electron chi connectivity index (χ0n) is 23.0. The van der Waals surface area contributed by atoms with Crippen LogP contribution in [0, 0.1) is 18.3 Å². The summed E-state index contributed by atoms with van der Waals surface area (Å²) in [4.78, 5) is 14.8. The smallest absolute Gasteiger partial charge is 0.253 e. The summed E-state index contributed by atoms with van der Waals surface area (Å²) in [5, 5.41) is 3.22. The van der Waals surface area contributed by atoms with Crippen LogP contribution in [0.25, 0.3) is 16.9 Å². The van der Waals surface area contributed by atoms with Crippen LogP contribution >= 0.6 is 11.9 Å². The molecule has 6 nitrogen and oxygen atoms in total. The van der Waals surface area contributed by atoms with Crippen LogP contribution in [0.5, 0.6) is 0 Å². The zero-order chi connectivity index (χ0) is 26.1. The minimum atomic E-state index is 0.0306. The van der Waals surface area contributed by atoms with Crippen molar-refractivity contribution in [1.29, 1.82) is 0 Å². The Morgan fingerprint density at radius 3 is 2.55 bits per heavy atom. The average molecular weight is 535 g/mol. The van der Waals surface area contributed by atoms with Gasteiger partial charge in [0.1, 0.15) is 0 Å². The van der Waals surface area contributed by atoms with Crippen LogP contribution in [0.15, 0.2) is 41.4 Å². The first kappa shape index (κ1) is 26.0. The number of rotatable bonds is 8. The van der Waals surface area contributed by atoms with Gasteiger partial charge in [-0.25, -0.2) is 4.31 Å². The lowest BCUT2D eigenvalue weighted by atomic mass is 9.88. The number of aromatic nitrogens is 2. The van der Waals surface area contributed by atoms with Gasteiger partial charge in [-0.2, -0.15) is 0 Å². The zero-order valence-corrected chi connectivity index (χ0v) is 23.8. The maximum atomic E-state index is 13.5. The van der Waals surface area contributed by atoms with Gasteiger partial charge in [0.25, 0.3) is 5.91 Å². The second kappa shape index (κ2) is 11.1. The van der Waals surface area contributed by atoms with Gasteiger partial charge in [-0.05, 0) is 74.7 Å². The molecule has 0 bridgehead atoms. The molecule has 0 aromatic carbocycles. The molecule has 7 heteroatoms. The predicted octanol–water partition coefficient (Wildman–Crippen LogP) is 6.56. The first-order chi connectivity index (χ1) is 18.5. The first-order valence-electron chi connectivity index (χ1n) is 14.6. The van der Waals surface area contributed by atoms with Crippen molar-refractivity contribution in [2.45, 2.75) is 76.7 Å². The molecular formula is C31H42N4O2S. The highest BCUT2D eigenvalue weighted by molar-refractivity contribution is 7.97. The van der Waals surface area contributed by atoms with E-state index in [0.717, 1.165) is 36.6 Å². The number of hydrogen-bond acceptors (Lipinski definition) is 4. The number of pyridine rings is 1. The Labute approximate surface area is 231 Å². The van der Waals surface area contributed by atoms with Crippen LogP contribution < -0.4 is 5.32 Å². The number of carbonyl (C=O) groups excluding carboxylic acids is 1. The monoisotopic (exact) mass is 534 g/mol. The molecule has 0 radical (unpaired) electrons. The van der Waals surface area contributed by atoms with Crippen molar-refractivity contribution in [3.8, 4) is 11.4 Å². The quantitative estimate of drug-likeness (QED) is 0.333. The molecule has 1 saturated carbocycles. The van der Waals surface area contributed by atoms with E-state index >= 15 is 0 Å². The van der Waals surface area contributed by atoms with Gasteiger partial charge in [0.05, 0.1) is 35.7 Å². The van der Waals surface area contributed by atoms with Crippen LogP contribution in [0.4, 0.5) is 0 Å². The van der Waals surface area contributed by atoms with Crippen LogP contribution in [0.2, 0.25) is 0 Å². The molecule has 3 fully saturated rings. The molecule has 0 unspecified atom stereocenters. The Hall–Kier alpha value is -2.22. The summed E-state index contributed by atoms with van der Waals surface area (Å²) in [6.07, 6.45) is 12.6. The molecule has 1 aliphatic carbocycles. The molecule has 3 aliphatic rings. The van der Waals surface area contributed by atoms with E-state index in [1.807, 2.05) is 11.9 Å². The lowest BCUT2D eigenvalue weighted by Crippen LogP contribution is -2.48. The average Bonchev–Trinajstić information content (AvgIpc) is 3.45. The van der Waals surface area contributed by atoms with E-state index in [0.29, 0.717) is 25.7 Å². The Morgan fingerprint density at radius 2 is 1.82 bits per heavy atom. The van der Waals surface area contributed by atoms with Crippen LogP contribution in [-0.4, -0.2) is 52.0 Å². The van der Waals surface area contributed by atoms with Gasteiger partial charge in [-0.15, -0.1) is 0 Å². The minimum absolute atomic E-state index is 0.0306. The highest BCUT2D eigenvalue weighted by Crippen LogP contribution is 2.38. The fourth-order valence-corrected chi connectivity index (χ4v) is 7.52. The lowest BCUT2D eigenvalue weighted by Gasteiger charge is -2.38. The van der Waals surface area contributed by atoms with Crippen molar-refractivity contribution in [3.05, 3.63) is 47.8 Å². The number of ether oxygens (including phenoxy) is 1. The maximum Gasteiger partial charge on any atom is 0.253 e. The first-order valence-corrected chi connectivity index (χ1v) is 15.4. The molecule has 5 heterocycles. The summed E-state index contributed by atoms with van der Waals surface area (Å²) in [7, 11) is 0. The van der Waals surface area contributed by atoms with E-state index in [-0.39, 0.29) is 11.3 Å². The van der Waals surface area contributed by atoms with Crippen molar-refractivity contribution < 1.29 is 9.53 Å². The molecule has 1 amide bonds. The topological polar surface area (TPSA) is 50.9 Å². The molecule has 0 atom stereocenters. The number of nitrogens with one attached hydrogen (secondary N) is 1. The number of hydrogen-bond donors (Lipinski definition) is 1. The molecule has 204 valence electrons. The van der Waals surface area contributed by atoms with Crippen LogP contribution in [0.1, 0.15) is 74.3 Å². The molecule has 2 saturated heterocycles. The predicted molar refractivity (Wildman–Crippen MR) is 155 cm³/mol. The summed E-state index contributed by atoms with van der Waals surface area (Å²) in [6.45, 7) is 9.67. The fourth-order valence-electron chi connectivity index (χ4n) is 6.38. The van der Waals surface area contributed by atoms with Gasteiger partial charge in [-0.1, -0.05) is 38.7 Å². The second-order valence-corrected chi connectivity index (χ2v) is 13.2. The van der Waals surface area contributed by atoms with Gasteiger partial charge < -0.3 is 19.0 Å².